The van der Waals surface area contributed by atoms with Gasteiger partial charge in [0.15, 0.2) is 5.96 Å². The number of hydrogen-bond donors (Lipinski definition) is 2. The van der Waals surface area contributed by atoms with E-state index in [0.717, 1.165) is 38.6 Å². The smallest absolute Gasteiger partial charge is 0.191 e. The summed E-state index contributed by atoms with van der Waals surface area (Å²) in [6, 6.07) is 9.69. The van der Waals surface area contributed by atoms with Crippen molar-refractivity contribution in [3.63, 3.8) is 0 Å². The fraction of sp³-hybridized carbons (Fsp3) is 0.667. The Morgan fingerprint density at radius 2 is 1.81 bits per heavy atom. The van der Waals surface area contributed by atoms with Crippen LogP contribution in [0, 0.1) is 5.92 Å². The van der Waals surface area contributed by atoms with Crippen LogP contribution in [0.4, 0.5) is 0 Å². The largest absolute Gasteiger partial charge is 0.355 e. The van der Waals surface area contributed by atoms with Crippen molar-refractivity contribution in [2.24, 2.45) is 10.9 Å². The Balaban J connectivity index is 0.00000364. The first kappa shape index (κ1) is 24.2. The van der Waals surface area contributed by atoms with Crippen LogP contribution in [0.5, 0.6) is 0 Å². The molecule has 154 valence electrons. The van der Waals surface area contributed by atoms with E-state index < -0.39 is 0 Å². The Labute approximate surface area is 183 Å². The highest BCUT2D eigenvalue weighted by atomic mass is 127. The van der Waals surface area contributed by atoms with Crippen LogP contribution in [0.3, 0.4) is 0 Å². The van der Waals surface area contributed by atoms with Gasteiger partial charge in [-0.05, 0) is 44.5 Å². The molecule has 5 nitrogen and oxygen atoms in total. The lowest BCUT2D eigenvalue weighted by Crippen LogP contribution is -2.55. The normalized spacial score (nSPS) is 20.3. The third-order valence-electron chi connectivity index (χ3n) is 5.19. The van der Waals surface area contributed by atoms with Gasteiger partial charge in [-0.1, -0.05) is 38.1 Å². The second-order valence-electron chi connectivity index (χ2n) is 8.06. The molecule has 1 heterocycles. The van der Waals surface area contributed by atoms with Gasteiger partial charge in [-0.2, -0.15) is 0 Å². The minimum Gasteiger partial charge on any atom is -0.355 e. The molecule has 0 bridgehead atoms. The molecule has 0 saturated carbocycles. The van der Waals surface area contributed by atoms with E-state index in [4.69, 9.17) is 0 Å². The number of hydrogen-bond acceptors (Lipinski definition) is 3. The lowest BCUT2D eigenvalue weighted by Gasteiger charge is -2.38. The van der Waals surface area contributed by atoms with Crippen molar-refractivity contribution < 1.29 is 0 Å². The van der Waals surface area contributed by atoms with Gasteiger partial charge in [0.05, 0.1) is 6.04 Å². The predicted molar refractivity (Wildman–Crippen MR) is 127 cm³/mol. The maximum absolute atomic E-state index is 4.40. The zero-order valence-corrected chi connectivity index (χ0v) is 20.2. The third-order valence-corrected chi connectivity index (χ3v) is 5.19. The molecule has 1 aromatic carbocycles. The molecule has 2 atom stereocenters. The van der Waals surface area contributed by atoms with Gasteiger partial charge in [0.25, 0.3) is 0 Å². The molecular formula is C21H38IN5. The monoisotopic (exact) mass is 487 g/mol. The first-order valence-electron chi connectivity index (χ1n) is 9.83. The van der Waals surface area contributed by atoms with E-state index >= 15 is 0 Å². The average molecular weight is 487 g/mol. The molecule has 0 spiro atoms. The second-order valence-corrected chi connectivity index (χ2v) is 8.06. The molecule has 1 fully saturated rings. The summed E-state index contributed by atoms with van der Waals surface area (Å²) in [7, 11) is 6.24. The lowest BCUT2D eigenvalue weighted by atomic mass is 10.00. The van der Waals surface area contributed by atoms with E-state index in [1.165, 1.54) is 11.1 Å². The highest BCUT2D eigenvalue weighted by Gasteiger charge is 2.22. The zero-order chi connectivity index (χ0) is 19.1. The van der Waals surface area contributed by atoms with Gasteiger partial charge in [-0.15, -0.1) is 24.0 Å². The van der Waals surface area contributed by atoms with Crippen LogP contribution in [0.2, 0.25) is 0 Å². The molecule has 27 heavy (non-hydrogen) atoms. The predicted octanol–water partition coefficient (Wildman–Crippen LogP) is 2.97. The highest BCUT2D eigenvalue weighted by Crippen LogP contribution is 2.15. The SMILES string of the molecule is CN=C(NCC1CN(C)CCN1C)NC(C)c1ccc(CC(C)C)cc1.I. The van der Waals surface area contributed by atoms with E-state index in [1.807, 2.05) is 7.05 Å². The van der Waals surface area contributed by atoms with Crippen molar-refractivity contribution in [3.05, 3.63) is 35.4 Å². The van der Waals surface area contributed by atoms with Crippen molar-refractivity contribution in [1.29, 1.82) is 0 Å². The van der Waals surface area contributed by atoms with Gasteiger partial charge in [-0.25, -0.2) is 0 Å². The number of guanidine groups is 1. The summed E-state index contributed by atoms with van der Waals surface area (Å²) in [6.45, 7) is 11.0. The van der Waals surface area contributed by atoms with Crippen LogP contribution in [-0.2, 0) is 6.42 Å². The number of nitrogens with one attached hydrogen (secondary N) is 2. The van der Waals surface area contributed by atoms with Gasteiger partial charge in [0.1, 0.15) is 0 Å². The summed E-state index contributed by atoms with van der Waals surface area (Å²) in [4.78, 5) is 9.22. The van der Waals surface area contributed by atoms with Gasteiger partial charge >= 0.3 is 0 Å². The lowest BCUT2D eigenvalue weighted by molar-refractivity contribution is 0.116. The molecule has 1 saturated heterocycles. The summed E-state index contributed by atoms with van der Waals surface area (Å²) in [5.41, 5.74) is 2.69. The number of halogens is 1. The molecule has 2 rings (SSSR count). The molecule has 1 aromatic rings. The number of piperazine rings is 1. The summed E-state index contributed by atoms with van der Waals surface area (Å²) in [5.74, 6) is 1.56. The molecular weight excluding hydrogens is 449 g/mol. The van der Waals surface area contributed by atoms with E-state index in [-0.39, 0.29) is 30.0 Å². The fourth-order valence-electron chi connectivity index (χ4n) is 3.43. The van der Waals surface area contributed by atoms with Crippen molar-refractivity contribution in [2.75, 3.05) is 47.3 Å². The van der Waals surface area contributed by atoms with E-state index in [0.29, 0.717) is 12.0 Å². The van der Waals surface area contributed by atoms with Crippen molar-refractivity contribution in [2.45, 2.75) is 39.3 Å². The first-order valence-corrected chi connectivity index (χ1v) is 9.83. The van der Waals surface area contributed by atoms with E-state index in [2.05, 4.69) is 84.6 Å². The second kappa shape index (κ2) is 11.9. The van der Waals surface area contributed by atoms with Gasteiger partial charge < -0.3 is 15.5 Å². The third kappa shape index (κ3) is 7.95. The first-order chi connectivity index (χ1) is 12.4. The number of likely N-dealkylation sites (N-methyl/N-ethyl adjacent to an activating group) is 2. The molecule has 0 aromatic heterocycles. The quantitative estimate of drug-likeness (QED) is 0.368. The Hall–Kier alpha value is -0.860. The Morgan fingerprint density at radius 1 is 1.15 bits per heavy atom. The topological polar surface area (TPSA) is 42.9 Å². The highest BCUT2D eigenvalue weighted by molar-refractivity contribution is 14.0. The summed E-state index contributed by atoms with van der Waals surface area (Å²) in [5, 5.41) is 7.01. The molecule has 0 amide bonds. The zero-order valence-electron chi connectivity index (χ0n) is 17.8. The minimum absolute atomic E-state index is 0. The number of rotatable bonds is 6. The maximum atomic E-state index is 4.40. The van der Waals surface area contributed by atoms with Crippen LogP contribution in [0.25, 0.3) is 0 Å². The summed E-state index contributed by atoms with van der Waals surface area (Å²) in [6.07, 6.45) is 1.13. The van der Waals surface area contributed by atoms with Crippen LogP contribution in [0.1, 0.15) is 37.9 Å². The van der Waals surface area contributed by atoms with Gasteiger partial charge in [0, 0.05) is 39.3 Å². The van der Waals surface area contributed by atoms with Crippen molar-refractivity contribution >= 4 is 29.9 Å². The molecule has 0 aliphatic carbocycles. The molecule has 2 unspecified atom stereocenters. The van der Waals surface area contributed by atoms with Crippen LogP contribution < -0.4 is 10.6 Å². The molecule has 1 aliphatic heterocycles. The molecule has 2 N–H and O–H groups in total. The van der Waals surface area contributed by atoms with Crippen molar-refractivity contribution in [3.8, 4) is 0 Å². The van der Waals surface area contributed by atoms with Gasteiger partial charge in [0.2, 0.25) is 0 Å². The average Bonchev–Trinajstić information content (AvgIpc) is 2.61. The fourth-order valence-corrected chi connectivity index (χ4v) is 3.43. The number of benzene rings is 1. The van der Waals surface area contributed by atoms with E-state index in [9.17, 15) is 0 Å². The van der Waals surface area contributed by atoms with Crippen LogP contribution in [0.15, 0.2) is 29.3 Å². The number of nitrogens with zero attached hydrogens (tertiary/aromatic N) is 3. The van der Waals surface area contributed by atoms with Crippen LogP contribution in [-0.4, -0.2) is 69.1 Å². The summed E-state index contributed by atoms with van der Waals surface area (Å²) < 4.78 is 0. The number of aliphatic imine (C=N–C) groups is 1. The molecule has 0 radical (unpaired) electrons. The van der Waals surface area contributed by atoms with E-state index in [1.54, 1.807) is 0 Å². The standard InChI is InChI=1S/C21H37N5.HI/c1-16(2)13-18-7-9-19(10-8-18)17(3)24-21(22-4)23-14-20-15-25(5)11-12-26(20)6;/h7-10,16-17,20H,11-15H2,1-6H3,(H2,22,23,24);1H. The molecule has 6 heteroatoms. The van der Waals surface area contributed by atoms with Crippen molar-refractivity contribution in [1.82, 2.24) is 20.4 Å². The Kier molecular flexibility index (Phi) is 10.6. The molecule has 1 aliphatic rings. The Bertz CT molecular complexity index is 572. The Morgan fingerprint density at radius 3 is 2.41 bits per heavy atom. The van der Waals surface area contributed by atoms with Crippen LogP contribution >= 0.6 is 24.0 Å². The van der Waals surface area contributed by atoms with Gasteiger partial charge in [-0.3, -0.25) is 9.89 Å². The summed E-state index contributed by atoms with van der Waals surface area (Å²) >= 11 is 0. The minimum atomic E-state index is 0. The maximum Gasteiger partial charge on any atom is 0.191 e.